The molecule has 0 aromatic heterocycles. The van der Waals surface area contributed by atoms with Gasteiger partial charge in [0, 0.05) is 36.8 Å². The van der Waals surface area contributed by atoms with E-state index >= 15 is 0 Å². The van der Waals surface area contributed by atoms with Crippen molar-refractivity contribution in [2.24, 2.45) is 5.73 Å². The number of benzene rings is 1. The van der Waals surface area contributed by atoms with Gasteiger partial charge in [-0.2, -0.15) is 0 Å². The van der Waals surface area contributed by atoms with Crippen molar-refractivity contribution in [2.45, 2.75) is 25.9 Å². The Hall–Kier alpha value is -1.41. The Kier molecular flexibility index (Phi) is 5.75. The number of nitrogens with two attached hydrogens (primary N) is 1. The molecule has 1 aromatic carbocycles. The van der Waals surface area contributed by atoms with Crippen LogP contribution in [0, 0.1) is 17.7 Å². The highest BCUT2D eigenvalue weighted by atomic mass is 19.1. The van der Waals surface area contributed by atoms with E-state index in [9.17, 15) is 4.39 Å². The molecule has 1 aliphatic heterocycles. The van der Waals surface area contributed by atoms with Crippen LogP contribution in [0.25, 0.3) is 0 Å². The largest absolute Gasteiger partial charge is 0.320 e. The summed E-state index contributed by atoms with van der Waals surface area (Å²) in [5, 5.41) is 0. The molecule has 1 saturated heterocycles. The molecule has 0 spiro atoms. The van der Waals surface area contributed by atoms with E-state index in [1.54, 1.807) is 0 Å². The first-order valence-corrected chi connectivity index (χ1v) is 7.50. The second kappa shape index (κ2) is 7.56. The Bertz CT molecular complexity index is 533. The number of likely N-dealkylation sites (N-methyl/N-ethyl adjacent to an activating group) is 1. The number of nitrogens with zero attached hydrogens (tertiary/aromatic N) is 2. The van der Waals surface area contributed by atoms with Gasteiger partial charge >= 0.3 is 0 Å². The molecule has 0 saturated carbocycles. The minimum atomic E-state index is -0.177. The van der Waals surface area contributed by atoms with E-state index in [1.165, 1.54) is 6.07 Å². The minimum Gasteiger partial charge on any atom is -0.320 e. The van der Waals surface area contributed by atoms with E-state index in [2.05, 4.69) is 35.6 Å². The van der Waals surface area contributed by atoms with Gasteiger partial charge in [-0.15, -0.1) is 0 Å². The molecular weight excluding hydrogens is 265 g/mol. The summed E-state index contributed by atoms with van der Waals surface area (Å²) >= 11 is 0. The van der Waals surface area contributed by atoms with Crippen LogP contribution in [0.15, 0.2) is 18.2 Å². The van der Waals surface area contributed by atoms with Crippen molar-refractivity contribution >= 4 is 0 Å². The van der Waals surface area contributed by atoms with Crippen LogP contribution in [0.5, 0.6) is 0 Å². The summed E-state index contributed by atoms with van der Waals surface area (Å²) in [5.74, 6) is 5.44. The first-order valence-electron chi connectivity index (χ1n) is 7.50. The first kappa shape index (κ1) is 16.0. The number of rotatable bonds is 2. The topological polar surface area (TPSA) is 32.5 Å². The maximum atomic E-state index is 14.2. The fourth-order valence-electron chi connectivity index (χ4n) is 2.78. The highest BCUT2D eigenvalue weighted by molar-refractivity contribution is 5.37. The summed E-state index contributed by atoms with van der Waals surface area (Å²) < 4.78 is 14.2. The zero-order valence-corrected chi connectivity index (χ0v) is 12.9. The lowest BCUT2D eigenvalue weighted by molar-refractivity contribution is 0.192. The smallest absolute Gasteiger partial charge is 0.128 e. The zero-order chi connectivity index (χ0) is 15.2. The van der Waals surface area contributed by atoms with Crippen molar-refractivity contribution in [2.75, 3.05) is 33.2 Å². The molecule has 21 heavy (non-hydrogen) atoms. The van der Waals surface area contributed by atoms with Crippen molar-refractivity contribution < 1.29 is 4.39 Å². The zero-order valence-electron chi connectivity index (χ0n) is 12.9. The van der Waals surface area contributed by atoms with Gasteiger partial charge in [-0.1, -0.05) is 17.9 Å². The lowest BCUT2D eigenvalue weighted by Gasteiger charge is -2.28. The van der Waals surface area contributed by atoms with Gasteiger partial charge in [0.05, 0.1) is 6.54 Å². The molecule has 1 unspecified atom stereocenters. The monoisotopic (exact) mass is 289 g/mol. The average Bonchev–Trinajstić information content (AvgIpc) is 2.60. The SMILES string of the molecule is CC1CN(C)CCCN1Cc1ccc(C#CCN)cc1F. The van der Waals surface area contributed by atoms with Gasteiger partial charge < -0.3 is 10.6 Å². The Morgan fingerprint density at radius 1 is 1.38 bits per heavy atom. The lowest BCUT2D eigenvalue weighted by atomic mass is 10.1. The molecule has 0 aliphatic carbocycles. The normalized spacial score (nSPS) is 20.7. The number of halogens is 1. The van der Waals surface area contributed by atoms with Crippen LogP contribution in [0.4, 0.5) is 4.39 Å². The van der Waals surface area contributed by atoms with Crippen LogP contribution in [-0.2, 0) is 6.54 Å². The molecule has 114 valence electrons. The fraction of sp³-hybridized carbons (Fsp3) is 0.529. The molecule has 1 aliphatic rings. The maximum Gasteiger partial charge on any atom is 0.128 e. The van der Waals surface area contributed by atoms with Gasteiger partial charge in [0.15, 0.2) is 0 Å². The van der Waals surface area contributed by atoms with Crippen LogP contribution >= 0.6 is 0 Å². The summed E-state index contributed by atoms with van der Waals surface area (Å²) in [6.07, 6.45) is 1.13. The van der Waals surface area contributed by atoms with E-state index in [0.717, 1.165) is 31.6 Å². The molecule has 0 amide bonds. The van der Waals surface area contributed by atoms with Gasteiger partial charge in [-0.05, 0) is 39.1 Å². The Labute approximate surface area is 126 Å². The molecular formula is C17H24FN3. The van der Waals surface area contributed by atoms with Gasteiger partial charge in [-0.25, -0.2) is 4.39 Å². The molecule has 1 atom stereocenters. The minimum absolute atomic E-state index is 0.177. The van der Waals surface area contributed by atoms with Crippen LogP contribution in [0.1, 0.15) is 24.5 Å². The third-order valence-electron chi connectivity index (χ3n) is 3.95. The predicted molar refractivity (Wildman–Crippen MR) is 84.3 cm³/mol. The maximum absolute atomic E-state index is 14.2. The molecule has 0 bridgehead atoms. The van der Waals surface area contributed by atoms with Gasteiger partial charge in [0.2, 0.25) is 0 Å². The van der Waals surface area contributed by atoms with Crippen molar-refractivity contribution in [1.29, 1.82) is 0 Å². The van der Waals surface area contributed by atoms with Crippen molar-refractivity contribution in [1.82, 2.24) is 9.80 Å². The van der Waals surface area contributed by atoms with E-state index < -0.39 is 0 Å². The van der Waals surface area contributed by atoms with Crippen LogP contribution in [0.2, 0.25) is 0 Å². The van der Waals surface area contributed by atoms with Gasteiger partial charge in [-0.3, -0.25) is 4.90 Å². The van der Waals surface area contributed by atoms with E-state index in [1.807, 2.05) is 12.1 Å². The molecule has 0 radical (unpaired) electrons. The summed E-state index contributed by atoms with van der Waals surface area (Å²) in [4.78, 5) is 4.69. The third kappa shape index (κ3) is 4.53. The standard InChI is InChI=1S/C17H24FN3/c1-14-12-20(2)9-4-10-21(14)13-16-7-6-15(5-3-8-19)11-17(16)18/h6-7,11,14H,4,8-10,12-13,19H2,1-2H3. The third-order valence-corrected chi connectivity index (χ3v) is 3.95. The second-order valence-corrected chi connectivity index (χ2v) is 5.75. The quantitative estimate of drug-likeness (QED) is 0.841. The Morgan fingerprint density at radius 3 is 2.90 bits per heavy atom. The highest BCUT2D eigenvalue weighted by Gasteiger charge is 2.20. The molecule has 1 heterocycles. The van der Waals surface area contributed by atoms with Crippen molar-refractivity contribution in [3.8, 4) is 11.8 Å². The van der Waals surface area contributed by atoms with Crippen LogP contribution < -0.4 is 5.73 Å². The number of hydrogen-bond acceptors (Lipinski definition) is 3. The molecule has 2 rings (SSSR count). The van der Waals surface area contributed by atoms with E-state index in [-0.39, 0.29) is 5.82 Å². The molecule has 2 N–H and O–H groups in total. The highest BCUT2D eigenvalue weighted by Crippen LogP contribution is 2.16. The number of hydrogen-bond donors (Lipinski definition) is 1. The fourth-order valence-corrected chi connectivity index (χ4v) is 2.78. The van der Waals surface area contributed by atoms with Gasteiger partial charge in [0.25, 0.3) is 0 Å². The summed E-state index contributed by atoms with van der Waals surface area (Å²) in [6, 6.07) is 5.66. The summed E-state index contributed by atoms with van der Waals surface area (Å²) in [6.45, 7) is 6.31. The van der Waals surface area contributed by atoms with E-state index in [4.69, 9.17) is 5.73 Å². The summed E-state index contributed by atoms with van der Waals surface area (Å²) in [5.41, 5.74) is 6.76. The van der Waals surface area contributed by atoms with E-state index in [0.29, 0.717) is 24.7 Å². The molecule has 4 heteroatoms. The lowest BCUT2D eigenvalue weighted by Crippen LogP contribution is -2.37. The van der Waals surface area contributed by atoms with Gasteiger partial charge in [0.1, 0.15) is 5.82 Å². The first-order chi connectivity index (χ1) is 10.1. The van der Waals surface area contributed by atoms with Crippen LogP contribution in [0.3, 0.4) is 0 Å². The Morgan fingerprint density at radius 2 is 2.19 bits per heavy atom. The summed E-state index contributed by atoms with van der Waals surface area (Å²) in [7, 11) is 2.14. The predicted octanol–water partition coefficient (Wildman–Crippen LogP) is 1.66. The van der Waals surface area contributed by atoms with Crippen molar-refractivity contribution in [3.05, 3.63) is 35.1 Å². The molecule has 3 nitrogen and oxygen atoms in total. The van der Waals surface area contributed by atoms with Crippen LogP contribution in [-0.4, -0.2) is 49.1 Å². The Balaban J connectivity index is 2.08. The molecule has 1 fully saturated rings. The second-order valence-electron chi connectivity index (χ2n) is 5.75. The average molecular weight is 289 g/mol. The molecule has 1 aromatic rings. The van der Waals surface area contributed by atoms with Crippen molar-refractivity contribution in [3.63, 3.8) is 0 Å².